The van der Waals surface area contributed by atoms with Gasteiger partial charge in [0.15, 0.2) is 11.5 Å². The van der Waals surface area contributed by atoms with Crippen LogP contribution in [0.15, 0.2) is 54.9 Å². The molecule has 160 valence electrons. The van der Waals surface area contributed by atoms with E-state index >= 15 is 0 Å². The molecule has 3 aromatic rings. The van der Waals surface area contributed by atoms with Crippen LogP contribution in [0.3, 0.4) is 0 Å². The number of anilines is 1. The van der Waals surface area contributed by atoms with Gasteiger partial charge in [0.25, 0.3) is 5.91 Å². The Labute approximate surface area is 175 Å². The minimum Gasteiger partial charge on any atom is -0.395 e. The maximum Gasteiger partial charge on any atom is 0.586 e. The molecule has 31 heavy (non-hydrogen) atoms. The lowest BCUT2D eigenvalue weighted by atomic mass is 10.1. The van der Waals surface area contributed by atoms with E-state index in [0.717, 1.165) is 18.7 Å². The van der Waals surface area contributed by atoms with E-state index in [9.17, 15) is 13.6 Å². The Kier molecular flexibility index (Phi) is 4.79. The monoisotopic (exact) mass is 428 g/mol. The lowest BCUT2D eigenvalue weighted by Crippen LogP contribution is -2.33. The zero-order valence-electron chi connectivity index (χ0n) is 16.2. The molecule has 1 amide bonds. The number of hydrogen-bond acceptors (Lipinski definition) is 6. The van der Waals surface area contributed by atoms with Crippen molar-refractivity contribution in [3.63, 3.8) is 0 Å². The van der Waals surface area contributed by atoms with Crippen molar-refractivity contribution in [1.82, 2.24) is 15.1 Å². The average molecular weight is 428 g/mol. The highest BCUT2D eigenvalue weighted by molar-refractivity contribution is 6.04. The van der Waals surface area contributed by atoms with Gasteiger partial charge in [-0.05, 0) is 29.8 Å². The van der Waals surface area contributed by atoms with Crippen molar-refractivity contribution in [2.45, 2.75) is 12.4 Å². The second kappa shape index (κ2) is 7.64. The van der Waals surface area contributed by atoms with Gasteiger partial charge in [0.05, 0.1) is 30.2 Å². The summed E-state index contributed by atoms with van der Waals surface area (Å²) in [6.45, 7) is 2.26. The first-order valence-corrected chi connectivity index (χ1v) is 9.65. The van der Waals surface area contributed by atoms with Crippen molar-refractivity contribution in [1.29, 1.82) is 0 Å². The number of halogens is 2. The van der Waals surface area contributed by atoms with E-state index in [1.54, 1.807) is 6.07 Å². The second-order valence-electron chi connectivity index (χ2n) is 7.11. The number of benzene rings is 2. The second-order valence-corrected chi connectivity index (χ2v) is 7.11. The van der Waals surface area contributed by atoms with Gasteiger partial charge in [-0.1, -0.05) is 12.1 Å². The molecule has 2 aliphatic heterocycles. The van der Waals surface area contributed by atoms with Crippen LogP contribution in [0.1, 0.15) is 22.0 Å². The SMILES string of the molecule is O=C(Nc1ccc(C2CNCCO2)cc1)c1cnn(-c2ccc3c(c2)OC(F)(F)O3)c1. The summed E-state index contributed by atoms with van der Waals surface area (Å²) in [7, 11) is 0. The maximum absolute atomic E-state index is 13.2. The molecule has 1 saturated heterocycles. The molecule has 1 atom stereocenters. The summed E-state index contributed by atoms with van der Waals surface area (Å²) in [5.74, 6) is -0.500. The quantitative estimate of drug-likeness (QED) is 0.664. The van der Waals surface area contributed by atoms with Crippen LogP contribution in [-0.2, 0) is 4.74 Å². The first kappa shape index (κ1) is 19.5. The number of aromatic nitrogens is 2. The highest BCUT2D eigenvalue weighted by atomic mass is 19.3. The van der Waals surface area contributed by atoms with Gasteiger partial charge in [-0.3, -0.25) is 4.79 Å². The van der Waals surface area contributed by atoms with Gasteiger partial charge in [-0.2, -0.15) is 5.10 Å². The standard InChI is InChI=1S/C21H18F2N4O4/c22-21(23)30-17-6-5-16(9-18(17)31-21)27-12-14(10-25-27)20(28)26-15-3-1-13(2-4-15)19-11-24-7-8-29-19/h1-6,9-10,12,19,24H,7-8,11H2,(H,26,28). The van der Waals surface area contributed by atoms with E-state index in [-0.39, 0.29) is 23.5 Å². The summed E-state index contributed by atoms with van der Waals surface area (Å²) in [5.41, 5.74) is 2.43. The number of carbonyl (C=O) groups excluding carboxylic acids is 1. The Morgan fingerprint density at radius 2 is 1.97 bits per heavy atom. The fraction of sp³-hybridized carbons (Fsp3) is 0.238. The number of alkyl halides is 2. The molecular formula is C21H18F2N4O4. The number of hydrogen-bond donors (Lipinski definition) is 2. The van der Waals surface area contributed by atoms with Crippen LogP contribution in [0.5, 0.6) is 11.5 Å². The van der Waals surface area contributed by atoms with E-state index in [4.69, 9.17) is 4.74 Å². The fourth-order valence-electron chi connectivity index (χ4n) is 3.43. The molecule has 2 aliphatic rings. The Morgan fingerprint density at radius 3 is 2.74 bits per heavy atom. The summed E-state index contributed by atoms with van der Waals surface area (Å²) in [6.07, 6.45) is -0.797. The first-order chi connectivity index (χ1) is 15.0. The molecule has 0 bridgehead atoms. The van der Waals surface area contributed by atoms with Gasteiger partial charge in [-0.15, -0.1) is 8.78 Å². The number of nitrogens with zero attached hydrogens (tertiary/aromatic N) is 2. The zero-order valence-corrected chi connectivity index (χ0v) is 16.2. The molecule has 0 radical (unpaired) electrons. The van der Waals surface area contributed by atoms with Gasteiger partial charge in [0, 0.05) is 31.0 Å². The molecule has 1 unspecified atom stereocenters. The summed E-state index contributed by atoms with van der Waals surface area (Å²) >= 11 is 0. The Bertz CT molecular complexity index is 1110. The Hall–Kier alpha value is -3.50. The number of morpholine rings is 1. The molecule has 10 heteroatoms. The highest BCUT2D eigenvalue weighted by Crippen LogP contribution is 2.41. The predicted octanol–water partition coefficient (Wildman–Crippen LogP) is 3.11. The normalized spacial score (nSPS) is 19.2. The van der Waals surface area contributed by atoms with Gasteiger partial charge in [0.2, 0.25) is 0 Å². The summed E-state index contributed by atoms with van der Waals surface area (Å²) in [5, 5.41) is 10.2. The molecular weight excluding hydrogens is 410 g/mol. The number of rotatable bonds is 4. The van der Waals surface area contributed by atoms with E-state index in [0.29, 0.717) is 23.5 Å². The fourth-order valence-corrected chi connectivity index (χ4v) is 3.43. The smallest absolute Gasteiger partial charge is 0.395 e. The summed E-state index contributed by atoms with van der Waals surface area (Å²) in [4.78, 5) is 12.6. The minimum absolute atomic E-state index is 0.00150. The van der Waals surface area contributed by atoms with Crippen LogP contribution in [0.25, 0.3) is 5.69 Å². The molecule has 0 aliphatic carbocycles. The molecule has 5 rings (SSSR count). The molecule has 2 N–H and O–H groups in total. The van der Waals surface area contributed by atoms with Crippen LogP contribution in [0.2, 0.25) is 0 Å². The highest BCUT2D eigenvalue weighted by Gasteiger charge is 2.43. The van der Waals surface area contributed by atoms with Crippen LogP contribution in [-0.4, -0.2) is 41.7 Å². The number of amides is 1. The van der Waals surface area contributed by atoms with Crippen LogP contribution in [0, 0.1) is 0 Å². The first-order valence-electron chi connectivity index (χ1n) is 9.65. The molecule has 8 nitrogen and oxygen atoms in total. The van der Waals surface area contributed by atoms with Crippen molar-refractivity contribution in [2.75, 3.05) is 25.0 Å². The van der Waals surface area contributed by atoms with Gasteiger partial charge >= 0.3 is 6.29 Å². The Balaban J connectivity index is 1.26. The predicted molar refractivity (Wildman–Crippen MR) is 106 cm³/mol. The largest absolute Gasteiger partial charge is 0.586 e. The lowest BCUT2D eigenvalue weighted by molar-refractivity contribution is -0.286. The maximum atomic E-state index is 13.2. The molecule has 0 spiro atoms. The van der Waals surface area contributed by atoms with Crippen LogP contribution in [0.4, 0.5) is 14.5 Å². The zero-order chi connectivity index (χ0) is 21.4. The molecule has 0 saturated carbocycles. The van der Waals surface area contributed by atoms with Crippen molar-refractivity contribution >= 4 is 11.6 Å². The topological polar surface area (TPSA) is 86.6 Å². The van der Waals surface area contributed by atoms with Crippen LogP contribution >= 0.6 is 0 Å². The molecule has 1 aromatic heterocycles. The molecule has 2 aromatic carbocycles. The summed E-state index contributed by atoms with van der Waals surface area (Å²) in [6, 6.07) is 11.7. The number of carbonyl (C=O) groups is 1. The van der Waals surface area contributed by atoms with E-state index < -0.39 is 6.29 Å². The van der Waals surface area contributed by atoms with Crippen molar-refractivity contribution in [2.24, 2.45) is 0 Å². The Morgan fingerprint density at radius 1 is 1.16 bits per heavy atom. The number of ether oxygens (including phenoxy) is 3. The average Bonchev–Trinajstić information content (AvgIpc) is 3.37. The van der Waals surface area contributed by atoms with Gasteiger partial charge < -0.3 is 24.8 Å². The molecule has 3 heterocycles. The van der Waals surface area contributed by atoms with Crippen LogP contribution < -0.4 is 20.1 Å². The third kappa shape index (κ3) is 4.07. The van der Waals surface area contributed by atoms with E-state index in [1.165, 1.54) is 29.2 Å². The summed E-state index contributed by atoms with van der Waals surface area (Å²) < 4.78 is 42.3. The lowest BCUT2D eigenvalue weighted by Gasteiger charge is -2.24. The van der Waals surface area contributed by atoms with E-state index in [2.05, 4.69) is 25.2 Å². The number of fused-ring (bicyclic) bond motifs is 1. The van der Waals surface area contributed by atoms with Crippen molar-refractivity contribution in [3.05, 3.63) is 66.0 Å². The number of nitrogens with one attached hydrogen (secondary N) is 2. The molecule has 1 fully saturated rings. The van der Waals surface area contributed by atoms with Gasteiger partial charge in [0.1, 0.15) is 0 Å². The van der Waals surface area contributed by atoms with Crippen molar-refractivity contribution < 1.29 is 27.8 Å². The third-order valence-electron chi connectivity index (χ3n) is 4.96. The van der Waals surface area contributed by atoms with E-state index in [1.807, 2.05) is 24.3 Å². The minimum atomic E-state index is -3.69. The van der Waals surface area contributed by atoms with Crippen molar-refractivity contribution in [3.8, 4) is 17.2 Å². The van der Waals surface area contributed by atoms with Gasteiger partial charge in [-0.25, -0.2) is 4.68 Å². The third-order valence-corrected chi connectivity index (χ3v) is 4.96.